The maximum atomic E-state index is 13.3. The Labute approximate surface area is 142 Å². The van der Waals surface area contributed by atoms with Crippen molar-refractivity contribution in [3.63, 3.8) is 0 Å². The highest BCUT2D eigenvalue weighted by atomic mass is 19.1. The summed E-state index contributed by atoms with van der Waals surface area (Å²) in [6, 6.07) is 7.22. The Balaban J connectivity index is 1.73. The van der Waals surface area contributed by atoms with E-state index in [1.807, 2.05) is 29.2 Å². The van der Waals surface area contributed by atoms with Gasteiger partial charge in [-0.3, -0.25) is 9.67 Å². The lowest BCUT2D eigenvalue weighted by molar-refractivity contribution is -0.0285. The maximum Gasteiger partial charge on any atom is 0.141 e. The molecule has 0 bridgehead atoms. The molecule has 5 rings (SSSR count). The Morgan fingerprint density at radius 3 is 2.80 bits per heavy atom. The number of ether oxygens (including phenoxy) is 1. The molecule has 0 spiro atoms. The van der Waals surface area contributed by atoms with Gasteiger partial charge in [0.2, 0.25) is 0 Å². The van der Waals surface area contributed by atoms with Crippen molar-refractivity contribution in [2.75, 3.05) is 13.2 Å². The van der Waals surface area contributed by atoms with Crippen molar-refractivity contribution in [2.24, 2.45) is 0 Å². The quantitative estimate of drug-likeness (QED) is 0.624. The van der Waals surface area contributed by atoms with Gasteiger partial charge in [-0.1, -0.05) is 0 Å². The summed E-state index contributed by atoms with van der Waals surface area (Å²) >= 11 is 0. The molecule has 1 fully saturated rings. The number of nitrogens with one attached hydrogen (secondary N) is 1. The second kappa shape index (κ2) is 5.49. The lowest BCUT2D eigenvalue weighted by atomic mass is 10.0. The SMILES string of the molecule is Fc1ccc(-c2nn(C3COC3)cc2-c2ccnc3[nH]ccc23)nc1. The molecule has 7 heteroatoms. The molecule has 0 amide bonds. The monoisotopic (exact) mass is 335 g/mol. The highest BCUT2D eigenvalue weighted by Crippen LogP contribution is 2.35. The molecule has 0 aliphatic carbocycles. The van der Waals surface area contributed by atoms with Crippen LogP contribution in [0.4, 0.5) is 4.39 Å². The first-order chi connectivity index (χ1) is 12.3. The molecule has 5 heterocycles. The Hall–Kier alpha value is -3.06. The van der Waals surface area contributed by atoms with Crippen LogP contribution in [0.2, 0.25) is 0 Å². The fourth-order valence-corrected chi connectivity index (χ4v) is 3.05. The van der Waals surface area contributed by atoms with Crippen molar-refractivity contribution in [1.82, 2.24) is 24.7 Å². The van der Waals surface area contributed by atoms with Gasteiger partial charge in [-0.05, 0) is 29.8 Å². The number of hydrogen-bond donors (Lipinski definition) is 1. The van der Waals surface area contributed by atoms with E-state index >= 15 is 0 Å². The zero-order valence-electron chi connectivity index (χ0n) is 13.2. The van der Waals surface area contributed by atoms with Gasteiger partial charge >= 0.3 is 0 Å². The van der Waals surface area contributed by atoms with Crippen molar-refractivity contribution in [2.45, 2.75) is 6.04 Å². The Morgan fingerprint density at radius 2 is 2.04 bits per heavy atom. The minimum Gasteiger partial charge on any atom is -0.377 e. The van der Waals surface area contributed by atoms with Gasteiger partial charge < -0.3 is 9.72 Å². The summed E-state index contributed by atoms with van der Waals surface area (Å²) < 4.78 is 20.5. The van der Waals surface area contributed by atoms with E-state index in [4.69, 9.17) is 9.84 Å². The number of pyridine rings is 2. The van der Waals surface area contributed by atoms with E-state index < -0.39 is 0 Å². The second-order valence-electron chi connectivity index (χ2n) is 6.02. The molecular formula is C18H14FN5O. The average Bonchev–Trinajstić information content (AvgIpc) is 3.20. The van der Waals surface area contributed by atoms with Crippen LogP contribution in [0.25, 0.3) is 33.5 Å². The van der Waals surface area contributed by atoms with Crippen molar-refractivity contribution in [1.29, 1.82) is 0 Å². The van der Waals surface area contributed by atoms with Crippen LogP contribution < -0.4 is 0 Å². The van der Waals surface area contributed by atoms with E-state index in [0.29, 0.717) is 18.9 Å². The summed E-state index contributed by atoms with van der Waals surface area (Å²) in [7, 11) is 0. The molecule has 0 atom stereocenters. The standard InChI is InChI=1S/C18H14FN5O/c19-11-1-2-16(22-7-11)17-15(8-24(23-17)12-9-25-10-12)13-3-5-20-18-14(13)4-6-21-18/h1-8,12H,9-10H2,(H,20,21). The normalized spacial score (nSPS) is 14.8. The van der Waals surface area contributed by atoms with Crippen molar-refractivity contribution in [3.05, 3.63) is 54.9 Å². The lowest BCUT2D eigenvalue weighted by Crippen LogP contribution is -2.30. The van der Waals surface area contributed by atoms with Crippen LogP contribution in [0.1, 0.15) is 6.04 Å². The number of H-pyrrole nitrogens is 1. The minimum atomic E-state index is -0.367. The molecule has 0 saturated carbocycles. The molecule has 124 valence electrons. The van der Waals surface area contributed by atoms with Gasteiger partial charge in [-0.2, -0.15) is 5.10 Å². The van der Waals surface area contributed by atoms with Crippen LogP contribution in [0, 0.1) is 5.82 Å². The molecule has 1 N–H and O–H groups in total. The third-order valence-corrected chi connectivity index (χ3v) is 4.45. The maximum absolute atomic E-state index is 13.3. The predicted octanol–water partition coefficient (Wildman–Crippen LogP) is 3.20. The fraction of sp³-hybridized carbons (Fsp3) is 0.167. The summed E-state index contributed by atoms with van der Waals surface area (Å²) in [5.41, 5.74) is 4.13. The summed E-state index contributed by atoms with van der Waals surface area (Å²) in [5.74, 6) is -0.367. The topological polar surface area (TPSA) is 68.6 Å². The van der Waals surface area contributed by atoms with Crippen LogP contribution in [-0.4, -0.2) is 37.9 Å². The zero-order valence-corrected chi connectivity index (χ0v) is 13.2. The number of aromatic nitrogens is 5. The van der Waals surface area contributed by atoms with E-state index in [1.54, 1.807) is 12.3 Å². The lowest BCUT2D eigenvalue weighted by Gasteiger charge is -2.25. The van der Waals surface area contributed by atoms with Crippen LogP contribution in [0.5, 0.6) is 0 Å². The van der Waals surface area contributed by atoms with Crippen LogP contribution in [0.15, 0.2) is 49.1 Å². The number of nitrogens with zero attached hydrogens (tertiary/aromatic N) is 4. The van der Waals surface area contributed by atoms with Gasteiger partial charge in [0.15, 0.2) is 0 Å². The minimum absolute atomic E-state index is 0.219. The third kappa shape index (κ3) is 2.32. The van der Waals surface area contributed by atoms with Crippen molar-refractivity contribution in [3.8, 4) is 22.5 Å². The summed E-state index contributed by atoms with van der Waals surface area (Å²) in [6.45, 7) is 1.29. The molecular weight excluding hydrogens is 321 g/mol. The molecule has 4 aromatic rings. The Kier molecular flexibility index (Phi) is 3.14. The van der Waals surface area contributed by atoms with Gasteiger partial charge in [-0.15, -0.1) is 0 Å². The number of aromatic amines is 1. The molecule has 6 nitrogen and oxygen atoms in total. The number of fused-ring (bicyclic) bond motifs is 1. The molecule has 1 aliphatic rings. The van der Waals surface area contributed by atoms with E-state index in [-0.39, 0.29) is 11.9 Å². The first-order valence-electron chi connectivity index (χ1n) is 8.01. The first-order valence-corrected chi connectivity index (χ1v) is 8.01. The van der Waals surface area contributed by atoms with E-state index in [0.717, 1.165) is 27.9 Å². The molecule has 1 saturated heterocycles. The van der Waals surface area contributed by atoms with Crippen LogP contribution in [0.3, 0.4) is 0 Å². The van der Waals surface area contributed by atoms with Crippen LogP contribution >= 0.6 is 0 Å². The summed E-state index contributed by atoms with van der Waals surface area (Å²) in [6.07, 6.45) is 6.85. The smallest absolute Gasteiger partial charge is 0.141 e. The van der Waals surface area contributed by atoms with Gasteiger partial charge in [-0.25, -0.2) is 9.37 Å². The Morgan fingerprint density at radius 1 is 1.12 bits per heavy atom. The van der Waals surface area contributed by atoms with E-state index in [9.17, 15) is 4.39 Å². The number of halogens is 1. The molecule has 4 aromatic heterocycles. The van der Waals surface area contributed by atoms with Gasteiger partial charge in [0.05, 0.1) is 31.1 Å². The number of rotatable bonds is 3. The predicted molar refractivity (Wildman–Crippen MR) is 90.4 cm³/mol. The molecule has 1 aliphatic heterocycles. The highest BCUT2D eigenvalue weighted by molar-refractivity contribution is 5.96. The average molecular weight is 335 g/mol. The summed E-state index contributed by atoms with van der Waals surface area (Å²) in [4.78, 5) is 11.7. The largest absolute Gasteiger partial charge is 0.377 e. The van der Waals surface area contributed by atoms with Crippen molar-refractivity contribution >= 4 is 11.0 Å². The fourth-order valence-electron chi connectivity index (χ4n) is 3.05. The van der Waals surface area contributed by atoms with Gasteiger partial charge in [0, 0.05) is 29.5 Å². The second-order valence-corrected chi connectivity index (χ2v) is 6.02. The molecule has 0 radical (unpaired) electrons. The summed E-state index contributed by atoms with van der Waals surface area (Å²) in [5, 5.41) is 5.73. The zero-order chi connectivity index (χ0) is 16.8. The highest BCUT2D eigenvalue weighted by Gasteiger charge is 2.25. The third-order valence-electron chi connectivity index (χ3n) is 4.45. The van der Waals surface area contributed by atoms with Crippen LogP contribution in [-0.2, 0) is 4.74 Å². The Bertz CT molecular complexity index is 1050. The van der Waals surface area contributed by atoms with Gasteiger partial charge in [0.1, 0.15) is 17.2 Å². The van der Waals surface area contributed by atoms with E-state index in [2.05, 4.69) is 15.0 Å². The van der Waals surface area contributed by atoms with E-state index in [1.165, 1.54) is 12.3 Å². The molecule has 0 unspecified atom stereocenters. The first kappa shape index (κ1) is 14.3. The molecule has 0 aromatic carbocycles. The van der Waals surface area contributed by atoms with Gasteiger partial charge in [0.25, 0.3) is 0 Å². The number of hydrogen-bond acceptors (Lipinski definition) is 4. The van der Waals surface area contributed by atoms with Crippen molar-refractivity contribution < 1.29 is 9.13 Å². The molecule has 25 heavy (non-hydrogen) atoms.